The van der Waals surface area contributed by atoms with Crippen LogP contribution < -0.4 is 0 Å². The average molecular weight is 175 g/mol. The lowest BCUT2D eigenvalue weighted by atomic mass is 9.87. The Balaban J connectivity index is 2.66. The Morgan fingerprint density at radius 1 is 1.15 bits per heavy atom. The smallest absolute Gasteiger partial charge is 0.146 e. The Morgan fingerprint density at radius 2 is 1.69 bits per heavy atom. The molecule has 1 heteroatoms. The second kappa shape index (κ2) is 3.73. The van der Waals surface area contributed by atoms with Gasteiger partial charge < -0.3 is 0 Å². The molecule has 69 valence electrons. The molecule has 0 N–H and O–H groups in total. The maximum atomic E-state index is 11.6. The van der Waals surface area contributed by atoms with Crippen molar-refractivity contribution in [1.29, 1.82) is 0 Å². The summed E-state index contributed by atoms with van der Waals surface area (Å²) in [4.78, 5) is 11.6. The Labute approximate surface area is 79.8 Å². The van der Waals surface area contributed by atoms with Gasteiger partial charge in [0.2, 0.25) is 0 Å². The van der Waals surface area contributed by atoms with E-state index in [-0.39, 0.29) is 11.2 Å². The van der Waals surface area contributed by atoms with Crippen LogP contribution in [0.15, 0.2) is 30.3 Å². The highest BCUT2D eigenvalue weighted by Gasteiger charge is 2.21. The van der Waals surface area contributed by atoms with Crippen LogP contribution in [0.25, 0.3) is 0 Å². The number of ketones is 1. The number of rotatable bonds is 2. The number of hydrogen-bond acceptors (Lipinski definition) is 1. The van der Waals surface area contributed by atoms with Crippen LogP contribution in [-0.4, -0.2) is 5.78 Å². The first-order valence-corrected chi connectivity index (χ1v) is 4.44. The quantitative estimate of drug-likeness (QED) is 0.675. The fourth-order valence-electron chi connectivity index (χ4n) is 0.917. The molecule has 0 aliphatic carbocycles. The monoisotopic (exact) mass is 175 g/mol. The van der Waals surface area contributed by atoms with Crippen molar-refractivity contribution in [3.8, 4) is 0 Å². The van der Waals surface area contributed by atoms with E-state index in [0.717, 1.165) is 5.56 Å². The third-order valence-electron chi connectivity index (χ3n) is 1.84. The molecule has 0 saturated carbocycles. The highest BCUT2D eigenvalue weighted by molar-refractivity contribution is 5.94. The lowest BCUT2D eigenvalue weighted by Crippen LogP contribution is -2.20. The molecule has 0 fully saturated rings. The SMILES string of the molecule is CC(C)(C)C(=O)[CH]c1ccccc1. The zero-order valence-electron chi connectivity index (χ0n) is 8.37. The van der Waals surface area contributed by atoms with Gasteiger partial charge in [0.15, 0.2) is 0 Å². The second-order valence-electron chi connectivity index (χ2n) is 4.17. The molecule has 1 rings (SSSR count). The largest absolute Gasteiger partial charge is 0.298 e. The van der Waals surface area contributed by atoms with Crippen LogP contribution in [0.5, 0.6) is 0 Å². The molecule has 0 spiro atoms. The molecule has 1 aromatic rings. The maximum Gasteiger partial charge on any atom is 0.146 e. The third kappa shape index (κ3) is 3.02. The molecule has 0 saturated heterocycles. The van der Waals surface area contributed by atoms with Crippen molar-refractivity contribution in [2.75, 3.05) is 0 Å². The molecule has 1 radical (unpaired) electrons. The van der Waals surface area contributed by atoms with E-state index in [4.69, 9.17) is 0 Å². The van der Waals surface area contributed by atoms with Crippen molar-refractivity contribution in [1.82, 2.24) is 0 Å². The molecule has 0 bridgehead atoms. The van der Waals surface area contributed by atoms with Crippen LogP contribution in [0.1, 0.15) is 26.3 Å². The fraction of sp³-hybridized carbons (Fsp3) is 0.333. The van der Waals surface area contributed by atoms with Gasteiger partial charge in [-0.05, 0) is 5.56 Å². The first-order valence-electron chi connectivity index (χ1n) is 4.44. The molecule has 13 heavy (non-hydrogen) atoms. The van der Waals surface area contributed by atoms with Crippen molar-refractivity contribution in [3.63, 3.8) is 0 Å². The minimum absolute atomic E-state index is 0.165. The highest BCUT2D eigenvalue weighted by atomic mass is 16.1. The van der Waals surface area contributed by atoms with Crippen LogP contribution in [0, 0.1) is 11.8 Å². The average Bonchev–Trinajstić information content (AvgIpc) is 2.04. The van der Waals surface area contributed by atoms with Crippen molar-refractivity contribution >= 4 is 5.78 Å². The third-order valence-corrected chi connectivity index (χ3v) is 1.84. The molecule has 0 aliphatic rings. The van der Waals surface area contributed by atoms with Gasteiger partial charge in [-0.1, -0.05) is 51.1 Å². The molecule has 1 nitrogen and oxygen atoms in total. The van der Waals surface area contributed by atoms with Gasteiger partial charge in [-0.15, -0.1) is 0 Å². The van der Waals surface area contributed by atoms with Gasteiger partial charge in [0.05, 0.1) is 6.42 Å². The zero-order chi connectivity index (χ0) is 9.90. The maximum absolute atomic E-state index is 11.6. The Bertz CT molecular complexity index is 280. The lowest BCUT2D eigenvalue weighted by Gasteiger charge is -2.15. The highest BCUT2D eigenvalue weighted by Crippen LogP contribution is 2.18. The molecule has 0 aromatic heterocycles. The van der Waals surface area contributed by atoms with Crippen molar-refractivity contribution in [2.45, 2.75) is 20.8 Å². The molecule has 1 aromatic carbocycles. The Kier molecular flexibility index (Phi) is 2.86. The van der Waals surface area contributed by atoms with E-state index in [0.29, 0.717) is 0 Å². The van der Waals surface area contributed by atoms with E-state index >= 15 is 0 Å². The number of carbonyl (C=O) groups is 1. The standard InChI is InChI=1S/C12H15O/c1-12(2,3)11(13)9-10-7-5-4-6-8-10/h4-9H,1-3H3. The van der Waals surface area contributed by atoms with Gasteiger partial charge in [0.25, 0.3) is 0 Å². The first-order chi connectivity index (χ1) is 6.00. The Hall–Kier alpha value is -1.11. The van der Waals surface area contributed by atoms with Gasteiger partial charge in [0, 0.05) is 5.41 Å². The van der Waals surface area contributed by atoms with Crippen molar-refractivity contribution in [2.24, 2.45) is 5.41 Å². The molecular formula is C12H15O. The normalized spacial score (nSPS) is 11.3. The summed E-state index contributed by atoms with van der Waals surface area (Å²) < 4.78 is 0. The number of carbonyl (C=O) groups excluding carboxylic acids is 1. The van der Waals surface area contributed by atoms with Gasteiger partial charge in [-0.25, -0.2) is 0 Å². The summed E-state index contributed by atoms with van der Waals surface area (Å²) in [7, 11) is 0. The van der Waals surface area contributed by atoms with Crippen molar-refractivity contribution in [3.05, 3.63) is 42.3 Å². The van der Waals surface area contributed by atoms with E-state index in [1.54, 1.807) is 6.42 Å². The van der Waals surface area contributed by atoms with Gasteiger partial charge in [-0.3, -0.25) is 4.79 Å². The van der Waals surface area contributed by atoms with Gasteiger partial charge in [-0.2, -0.15) is 0 Å². The minimum Gasteiger partial charge on any atom is -0.298 e. The van der Waals surface area contributed by atoms with Gasteiger partial charge in [0.1, 0.15) is 5.78 Å². The second-order valence-corrected chi connectivity index (χ2v) is 4.17. The molecular weight excluding hydrogens is 160 g/mol. The van der Waals surface area contributed by atoms with Crippen LogP contribution in [0.2, 0.25) is 0 Å². The van der Waals surface area contributed by atoms with E-state index in [2.05, 4.69) is 0 Å². The van der Waals surface area contributed by atoms with Crippen LogP contribution in [0.4, 0.5) is 0 Å². The van der Waals surface area contributed by atoms with Gasteiger partial charge >= 0.3 is 0 Å². The molecule has 0 atom stereocenters. The summed E-state index contributed by atoms with van der Waals surface area (Å²) in [5.41, 5.74) is 0.693. The summed E-state index contributed by atoms with van der Waals surface area (Å²) in [6, 6.07) is 9.68. The summed E-state index contributed by atoms with van der Waals surface area (Å²) in [5, 5.41) is 0. The number of Topliss-reactive ketones (excluding diaryl/α,β-unsaturated/α-hetero) is 1. The lowest BCUT2D eigenvalue weighted by molar-refractivity contribution is -0.122. The number of benzene rings is 1. The van der Waals surface area contributed by atoms with E-state index < -0.39 is 0 Å². The Morgan fingerprint density at radius 3 is 2.15 bits per heavy atom. The summed E-state index contributed by atoms with van der Waals surface area (Å²) in [6.07, 6.45) is 1.69. The molecule has 0 heterocycles. The summed E-state index contributed by atoms with van der Waals surface area (Å²) in [6.45, 7) is 5.78. The molecule has 0 amide bonds. The number of hydrogen-bond donors (Lipinski definition) is 0. The predicted molar refractivity (Wildman–Crippen MR) is 54.3 cm³/mol. The van der Waals surface area contributed by atoms with E-state index in [1.807, 2.05) is 51.1 Å². The van der Waals surface area contributed by atoms with E-state index in [1.165, 1.54) is 0 Å². The molecule has 0 aliphatic heterocycles. The minimum atomic E-state index is -0.282. The van der Waals surface area contributed by atoms with Crippen LogP contribution in [-0.2, 0) is 4.79 Å². The summed E-state index contributed by atoms with van der Waals surface area (Å²) in [5.74, 6) is 0.165. The first kappa shape index (κ1) is 9.97. The summed E-state index contributed by atoms with van der Waals surface area (Å²) >= 11 is 0. The van der Waals surface area contributed by atoms with Crippen LogP contribution >= 0.6 is 0 Å². The topological polar surface area (TPSA) is 17.1 Å². The molecule has 0 unspecified atom stereocenters. The van der Waals surface area contributed by atoms with Crippen LogP contribution in [0.3, 0.4) is 0 Å². The zero-order valence-corrected chi connectivity index (χ0v) is 8.37. The predicted octanol–water partition coefficient (Wildman–Crippen LogP) is 2.85. The van der Waals surface area contributed by atoms with Crippen molar-refractivity contribution < 1.29 is 4.79 Å². The van der Waals surface area contributed by atoms with E-state index in [9.17, 15) is 4.79 Å². The fourth-order valence-corrected chi connectivity index (χ4v) is 0.917.